The molecule has 0 spiro atoms. The van der Waals surface area contributed by atoms with Crippen LogP contribution in [0.15, 0.2) is 59.7 Å². The van der Waals surface area contributed by atoms with E-state index in [4.69, 9.17) is 9.47 Å². The normalized spacial score (nSPS) is 18.8. The molecule has 0 aromatic heterocycles. The first kappa shape index (κ1) is 22.2. The van der Waals surface area contributed by atoms with Gasteiger partial charge >= 0.3 is 11.9 Å². The van der Waals surface area contributed by atoms with Gasteiger partial charge in [-0.2, -0.15) is 0 Å². The van der Waals surface area contributed by atoms with Gasteiger partial charge in [0.1, 0.15) is 0 Å². The Labute approximate surface area is 182 Å². The highest BCUT2D eigenvalue weighted by molar-refractivity contribution is 6.14. The maximum atomic E-state index is 13.2. The molecule has 0 heterocycles. The lowest BCUT2D eigenvalue weighted by atomic mass is 9.78. The van der Waals surface area contributed by atoms with Crippen LogP contribution in [0.1, 0.15) is 58.0 Å². The molecule has 1 fully saturated rings. The Hall–Kier alpha value is -3.47. The Morgan fingerprint density at radius 2 is 1.19 bits per heavy atom. The molecule has 0 atom stereocenters. The third-order valence-electron chi connectivity index (χ3n) is 5.52. The fourth-order valence-electron chi connectivity index (χ4n) is 3.69. The molecule has 5 heteroatoms. The van der Waals surface area contributed by atoms with Crippen LogP contribution in [-0.4, -0.2) is 31.9 Å². The number of esters is 2. The van der Waals surface area contributed by atoms with Crippen LogP contribution < -0.4 is 0 Å². The van der Waals surface area contributed by atoms with E-state index in [1.807, 2.05) is 36.4 Å². The number of ketones is 1. The number of benzene rings is 2. The van der Waals surface area contributed by atoms with Gasteiger partial charge in [0.25, 0.3) is 0 Å². The maximum absolute atomic E-state index is 13.2. The zero-order valence-electron chi connectivity index (χ0n) is 18.0. The lowest BCUT2D eigenvalue weighted by molar-refractivity contribution is -0.113. The number of carbonyl (C=O) groups is 3. The van der Waals surface area contributed by atoms with E-state index in [1.165, 1.54) is 14.2 Å². The first-order valence-electron chi connectivity index (χ1n) is 10.3. The summed E-state index contributed by atoms with van der Waals surface area (Å²) in [5.74, 6) is -0.345. The molecular formula is C26H26O5. The Morgan fingerprint density at radius 3 is 1.52 bits per heavy atom. The second-order valence-electron chi connectivity index (χ2n) is 7.58. The topological polar surface area (TPSA) is 69.7 Å². The summed E-state index contributed by atoms with van der Waals surface area (Å²) in [6.07, 6.45) is 6.24. The predicted molar refractivity (Wildman–Crippen MR) is 120 cm³/mol. The molecule has 2 aromatic rings. The number of carbonyl (C=O) groups excluding carboxylic acids is 3. The average Bonchev–Trinajstić information content (AvgIpc) is 2.81. The number of methoxy groups -OCH3 is 2. The second-order valence-corrected chi connectivity index (χ2v) is 7.58. The van der Waals surface area contributed by atoms with Crippen LogP contribution >= 0.6 is 0 Å². The molecule has 0 saturated heterocycles. The van der Waals surface area contributed by atoms with Gasteiger partial charge in [0, 0.05) is 11.1 Å². The van der Waals surface area contributed by atoms with Crippen molar-refractivity contribution in [3.8, 4) is 0 Å². The molecule has 0 amide bonds. The van der Waals surface area contributed by atoms with Gasteiger partial charge < -0.3 is 9.47 Å². The summed E-state index contributed by atoms with van der Waals surface area (Å²) in [7, 11) is 2.70. The van der Waals surface area contributed by atoms with Crippen molar-refractivity contribution in [3.05, 3.63) is 81.9 Å². The Bertz CT molecular complexity index is 945. The highest BCUT2D eigenvalue weighted by Gasteiger charge is 2.26. The highest BCUT2D eigenvalue weighted by atomic mass is 16.5. The van der Waals surface area contributed by atoms with E-state index in [-0.39, 0.29) is 17.7 Å². The smallest absolute Gasteiger partial charge is 0.337 e. The first-order chi connectivity index (χ1) is 14.9. The van der Waals surface area contributed by atoms with Crippen LogP contribution in [0.2, 0.25) is 0 Å². The Balaban J connectivity index is 1.87. The van der Waals surface area contributed by atoms with Crippen molar-refractivity contribution in [1.29, 1.82) is 0 Å². The van der Waals surface area contributed by atoms with Crippen LogP contribution in [0.4, 0.5) is 0 Å². The molecule has 3 rings (SSSR count). The minimum Gasteiger partial charge on any atom is -0.465 e. The number of hydrogen-bond acceptors (Lipinski definition) is 5. The molecule has 5 nitrogen and oxygen atoms in total. The number of rotatable bonds is 5. The standard InChI is InChI=1S/C26H26O5/c1-4-17-13-22(15-18-5-9-20(10-6-18)25(28)30-2)24(27)23(14-17)16-19-7-11-21(12-8-19)26(29)31-3/h5-12,15-17H,4,13-14H2,1-3H3/b22-15+,23-16+. The molecule has 2 aromatic carbocycles. The predicted octanol–water partition coefficient (Wildman–Crippen LogP) is 5.12. The van der Waals surface area contributed by atoms with Crippen LogP contribution in [0.3, 0.4) is 0 Å². The van der Waals surface area contributed by atoms with Crippen molar-refractivity contribution >= 4 is 29.9 Å². The number of allylic oxidation sites excluding steroid dienone is 2. The summed E-state index contributed by atoms with van der Waals surface area (Å²) in [4.78, 5) is 36.4. The van der Waals surface area contributed by atoms with Crippen molar-refractivity contribution < 1.29 is 23.9 Å². The lowest BCUT2D eigenvalue weighted by Crippen LogP contribution is -2.19. The van der Waals surface area contributed by atoms with E-state index >= 15 is 0 Å². The Kier molecular flexibility index (Phi) is 7.19. The molecular weight excluding hydrogens is 392 g/mol. The van der Waals surface area contributed by atoms with Crippen molar-refractivity contribution in [2.75, 3.05) is 14.2 Å². The quantitative estimate of drug-likeness (QED) is 0.498. The zero-order valence-corrected chi connectivity index (χ0v) is 18.0. The van der Waals surface area contributed by atoms with Gasteiger partial charge in [0.05, 0.1) is 25.3 Å². The molecule has 1 aliphatic rings. The highest BCUT2D eigenvalue weighted by Crippen LogP contribution is 2.34. The fraction of sp³-hybridized carbons (Fsp3) is 0.269. The van der Waals surface area contributed by atoms with Gasteiger partial charge in [-0.1, -0.05) is 37.6 Å². The molecule has 0 bridgehead atoms. The van der Waals surface area contributed by atoms with Crippen LogP contribution in [0, 0.1) is 5.92 Å². The van der Waals surface area contributed by atoms with Gasteiger partial charge in [-0.3, -0.25) is 4.79 Å². The van der Waals surface area contributed by atoms with Crippen molar-refractivity contribution in [2.24, 2.45) is 5.92 Å². The van der Waals surface area contributed by atoms with E-state index in [1.54, 1.807) is 24.3 Å². The number of hydrogen-bond donors (Lipinski definition) is 0. The molecule has 160 valence electrons. The molecule has 1 saturated carbocycles. The van der Waals surface area contributed by atoms with Gasteiger partial charge in [-0.25, -0.2) is 9.59 Å². The molecule has 0 unspecified atom stereocenters. The summed E-state index contributed by atoms with van der Waals surface area (Å²) in [6.45, 7) is 2.13. The van der Waals surface area contributed by atoms with Gasteiger partial charge in [0.15, 0.2) is 5.78 Å². The van der Waals surface area contributed by atoms with Gasteiger partial charge in [0.2, 0.25) is 0 Å². The van der Waals surface area contributed by atoms with Crippen LogP contribution in [0.5, 0.6) is 0 Å². The van der Waals surface area contributed by atoms with E-state index in [0.717, 1.165) is 41.5 Å². The third-order valence-corrected chi connectivity index (χ3v) is 5.52. The molecule has 0 N–H and O–H groups in total. The van der Waals surface area contributed by atoms with Crippen molar-refractivity contribution in [2.45, 2.75) is 26.2 Å². The van der Waals surface area contributed by atoms with E-state index in [0.29, 0.717) is 17.0 Å². The van der Waals surface area contributed by atoms with E-state index in [2.05, 4.69) is 6.92 Å². The van der Waals surface area contributed by atoms with E-state index < -0.39 is 0 Å². The Morgan fingerprint density at radius 1 is 0.806 bits per heavy atom. The first-order valence-corrected chi connectivity index (χ1v) is 10.3. The van der Waals surface area contributed by atoms with Crippen molar-refractivity contribution in [1.82, 2.24) is 0 Å². The third kappa shape index (κ3) is 5.37. The summed E-state index contributed by atoms with van der Waals surface area (Å²) >= 11 is 0. The van der Waals surface area contributed by atoms with E-state index in [9.17, 15) is 14.4 Å². The summed E-state index contributed by atoms with van der Waals surface area (Å²) in [5.41, 5.74) is 4.22. The minimum absolute atomic E-state index is 0.0405. The molecule has 31 heavy (non-hydrogen) atoms. The van der Waals surface area contributed by atoms with Crippen LogP contribution in [0.25, 0.3) is 12.2 Å². The van der Waals surface area contributed by atoms with Crippen molar-refractivity contribution in [3.63, 3.8) is 0 Å². The number of Topliss-reactive ketones (excluding diaryl/α,β-unsaturated/α-hetero) is 1. The maximum Gasteiger partial charge on any atom is 0.337 e. The average molecular weight is 418 g/mol. The molecule has 0 aliphatic heterocycles. The van der Waals surface area contributed by atoms with Crippen LogP contribution in [-0.2, 0) is 14.3 Å². The second kappa shape index (κ2) is 10.0. The minimum atomic E-state index is -0.387. The lowest BCUT2D eigenvalue weighted by Gasteiger charge is -2.25. The summed E-state index contributed by atoms with van der Waals surface area (Å²) in [6, 6.07) is 14.1. The largest absolute Gasteiger partial charge is 0.465 e. The summed E-state index contributed by atoms with van der Waals surface area (Å²) in [5, 5.41) is 0. The SMILES string of the molecule is CCC1C/C(=C\c2ccc(C(=O)OC)cc2)C(=O)/C(=C/c2ccc(C(=O)OC)cc2)C1. The fourth-order valence-corrected chi connectivity index (χ4v) is 3.69. The molecule has 1 aliphatic carbocycles. The molecule has 0 radical (unpaired) electrons. The monoisotopic (exact) mass is 418 g/mol. The number of ether oxygens (including phenoxy) is 2. The summed E-state index contributed by atoms with van der Waals surface area (Å²) < 4.78 is 9.46. The van der Waals surface area contributed by atoms with Gasteiger partial charge in [-0.05, 0) is 66.3 Å². The van der Waals surface area contributed by atoms with Gasteiger partial charge in [-0.15, -0.1) is 0 Å². The zero-order chi connectivity index (χ0) is 22.4.